The third-order valence-electron chi connectivity index (χ3n) is 7.36. The van der Waals surface area contributed by atoms with Crippen molar-refractivity contribution in [3.05, 3.63) is 87.5 Å². The van der Waals surface area contributed by atoms with Crippen LogP contribution in [0.25, 0.3) is 16.9 Å². The first-order chi connectivity index (χ1) is 17.1. The molecule has 0 saturated carbocycles. The molecule has 0 atom stereocenters. The first-order valence-electron chi connectivity index (χ1n) is 14.2. The van der Waals surface area contributed by atoms with Crippen LogP contribution in [-0.2, 0) is 12.8 Å². The van der Waals surface area contributed by atoms with Gasteiger partial charge in [0.1, 0.15) is 0 Å². The van der Waals surface area contributed by atoms with E-state index in [-0.39, 0.29) is 0 Å². The maximum Gasteiger partial charge on any atom is 0.211 e. The Morgan fingerprint density at radius 2 is 1.23 bits per heavy atom. The van der Waals surface area contributed by atoms with Gasteiger partial charge in [-0.1, -0.05) is 90.0 Å². The molecule has 1 heterocycles. The molecule has 1 aliphatic rings. The smallest absolute Gasteiger partial charge is 0.211 e. The van der Waals surface area contributed by atoms with Gasteiger partial charge in [0.05, 0.1) is 0 Å². The summed E-state index contributed by atoms with van der Waals surface area (Å²) in [6.45, 7) is 8.92. The summed E-state index contributed by atoms with van der Waals surface area (Å²) in [7, 11) is 0. The first kappa shape index (κ1) is 27.1. The third kappa shape index (κ3) is 7.26. The molecule has 2 aromatic carbocycles. The molecule has 0 fully saturated rings. The lowest BCUT2D eigenvalue weighted by Gasteiger charge is -2.11. The maximum absolute atomic E-state index is 11.5. The van der Waals surface area contributed by atoms with E-state index in [1.807, 2.05) is 0 Å². The zero-order chi connectivity index (χ0) is 25.0. The van der Waals surface area contributed by atoms with Crippen LogP contribution >= 0.6 is 0 Å². The molecule has 2 heteroatoms. The molecule has 0 unspecified atom stereocenters. The van der Waals surface area contributed by atoms with Gasteiger partial charge in [0, 0.05) is 22.3 Å². The minimum atomic E-state index is 0.945. The first-order valence-corrected chi connectivity index (χ1v) is 14.2. The van der Waals surface area contributed by atoms with Crippen LogP contribution in [0.4, 0.5) is 0 Å². The number of rotatable bonds is 15. The molecule has 2 nitrogen and oxygen atoms in total. The highest BCUT2D eigenvalue weighted by Crippen LogP contribution is 2.42. The van der Waals surface area contributed by atoms with E-state index in [1.54, 1.807) is 0 Å². The van der Waals surface area contributed by atoms with Crippen LogP contribution in [0, 0.1) is 0 Å². The number of hydrogen-bond donors (Lipinski definition) is 0. The predicted octanol–water partition coefficient (Wildman–Crippen LogP) is 10.3. The Hall–Kier alpha value is -2.48. The van der Waals surface area contributed by atoms with Gasteiger partial charge < -0.3 is 5.53 Å². The summed E-state index contributed by atoms with van der Waals surface area (Å²) in [6.07, 6.45) is 15.9. The zero-order valence-corrected chi connectivity index (χ0v) is 22.7. The van der Waals surface area contributed by atoms with Gasteiger partial charge in [-0.25, -0.2) is 4.70 Å². The lowest BCUT2D eigenvalue weighted by atomic mass is 9.95. The average molecular weight is 471 g/mol. The summed E-state index contributed by atoms with van der Waals surface area (Å²) >= 11 is 0. The largest absolute Gasteiger partial charge is 0.493 e. The van der Waals surface area contributed by atoms with E-state index in [0.29, 0.717) is 0 Å². The lowest BCUT2D eigenvalue weighted by molar-refractivity contribution is -0.345. The summed E-state index contributed by atoms with van der Waals surface area (Å²) in [4.78, 5) is 0. The van der Waals surface area contributed by atoms with Crippen molar-refractivity contribution in [1.82, 2.24) is 0 Å². The SMILES string of the molecule is CCCCCCCCc1ccc(C2=C(CCCC)C(C)=C(c3cccc(CCCC)c3)[N+]2=[N-])cc1. The standard InChI is InChI=1S/C33H46N2/c1-5-8-11-12-13-14-17-27-21-23-29(24-22-27)33-31(20-10-7-3)26(4)32(35(33)34)30-19-15-18-28(25-30)16-9-6-2/h15,18-19,21-25H,5-14,16-17,20H2,1-4H3. The average Bonchev–Trinajstić information content (AvgIpc) is 3.13. The Bertz CT molecular complexity index is 1020. The number of aryl methyl sites for hydroxylation is 2. The van der Waals surface area contributed by atoms with E-state index in [0.717, 1.165) is 54.6 Å². The van der Waals surface area contributed by atoms with Gasteiger partial charge in [0.25, 0.3) is 0 Å². The van der Waals surface area contributed by atoms with Gasteiger partial charge in [0.15, 0.2) is 0 Å². The van der Waals surface area contributed by atoms with Crippen LogP contribution in [0.15, 0.2) is 59.7 Å². The van der Waals surface area contributed by atoms with Crippen LogP contribution in [0.5, 0.6) is 0 Å². The second-order valence-electron chi connectivity index (χ2n) is 10.2. The van der Waals surface area contributed by atoms with E-state index < -0.39 is 0 Å². The molecule has 0 aromatic heterocycles. The van der Waals surface area contributed by atoms with Crippen LogP contribution in [0.3, 0.4) is 0 Å². The third-order valence-corrected chi connectivity index (χ3v) is 7.36. The Morgan fingerprint density at radius 1 is 0.600 bits per heavy atom. The normalized spacial score (nSPS) is 13.9. The van der Waals surface area contributed by atoms with Crippen LogP contribution in [0.1, 0.15) is 121 Å². The van der Waals surface area contributed by atoms with Crippen molar-refractivity contribution in [2.45, 2.75) is 111 Å². The topological polar surface area (TPSA) is 25.3 Å². The minimum Gasteiger partial charge on any atom is -0.493 e. The lowest BCUT2D eigenvalue weighted by Crippen LogP contribution is -2.03. The van der Waals surface area contributed by atoms with E-state index in [2.05, 4.69) is 76.2 Å². The van der Waals surface area contributed by atoms with E-state index >= 15 is 0 Å². The Morgan fingerprint density at radius 3 is 1.94 bits per heavy atom. The summed E-state index contributed by atoms with van der Waals surface area (Å²) < 4.78 is 1.47. The molecule has 35 heavy (non-hydrogen) atoms. The highest BCUT2D eigenvalue weighted by atomic mass is 15.2. The molecule has 0 bridgehead atoms. The zero-order valence-electron chi connectivity index (χ0n) is 22.7. The van der Waals surface area contributed by atoms with Gasteiger partial charge in [-0.2, -0.15) is 0 Å². The summed E-state index contributed by atoms with van der Waals surface area (Å²) in [5.74, 6) is 0. The molecule has 3 rings (SSSR count). The van der Waals surface area contributed by atoms with Crippen molar-refractivity contribution in [2.24, 2.45) is 0 Å². The monoisotopic (exact) mass is 470 g/mol. The number of allylic oxidation sites excluding steroid dienone is 2. The highest BCUT2D eigenvalue weighted by molar-refractivity contribution is 5.81. The van der Waals surface area contributed by atoms with Crippen molar-refractivity contribution in [3.8, 4) is 0 Å². The quantitative estimate of drug-likeness (QED) is 0.183. The molecule has 188 valence electrons. The van der Waals surface area contributed by atoms with Gasteiger partial charge in [0.2, 0.25) is 11.4 Å². The van der Waals surface area contributed by atoms with Crippen molar-refractivity contribution >= 4 is 11.4 Å². The Kier molecular flexibility index (Phi) is 11.0. The van der Waals surface area contributed by atoms with Crippen molar-refractivity contribution in [1.29, 1.82) is 0 Å². The predicted molar refractivity (Wildman–Crippen MR) is 151 cm³/mol. The van der Waals surface area contributed by atoms with Gasteiger partial charge in [-0.15, -0.1) is 0 Å². The number of nitrogens with zero attached hydrogens (tertiary/aromatic N) is 2. The number of unbranched alkanes of at least 4 members (excludes halogenated alkanes) is 7. The molecular formula is C33H46N2. The summed E-state index contributed by atoms with van der Waals surface area (Å²) in [5.41, 5.74) is 20.9. The van der Waals surface area contributed by atoms with E-state index in [4.69, 9.17) is 0 Å². The Labute approximate surface area is 214 Å². The molecule has 0 saturated heterocycles. The molecule has 0 N–H and O–H groups in total. The molecular weight excluding hydrogens is 424 g/mol. The Balaban J connectivity index is 1.79. The van der Waals surface area contributed by atoms with Crippen molar-refractivity contribution in [2.75, 3.05) is 0 Å². The second kappa shape index (κ2) is 14.2. The fourth-order valence-electron chi connectivity index (χ4n) is 5.21. The van der Waals surface area contributed by atoms with Crippen LogP contribution in [-0.4, -0.2) is 4.70 Å². The minimum absolute atomic E-state index is 0.945. The van der Waals surface area contributed by atoms with Gasteiger partial charge >= 0.3 is 0 Å². The molecule has 0 radical (unpaired) electrons. The summed E-state index contributed by atoms with van der Waals surface area (Å²) in [5, 5.41) is 0. The fourth-order valence-corrected chi connectivity index (χ4v) is 5.21. The van der Waals surface area contributed by atoms with Crippen molar-refractivity contribution in [3.63, 3.8) is 0 Å². The van der Waals surface area contributed by atoms with Crippen molar-refractivity contribution < 1.29 is 4.70 Å². The molecule has 1 aliphatic heterocycles. The van der Waals surface area contributed by atoms with Gasteiger partial charge in [-0.3, -0.25) is 0 Å². The maximum atomic E-state index is 11.5. The second-order valence-corrected chi connectivity index (χ2v) is 10.2. The van der Waals surface area contributed by atoms with E-state index in [9.17, 15) is 5.53 Å². The molecule has 2 aromatic rings. The molecule has 0 spiro atoms. The van der Waals surface area contributed by atoms with Gasteiger partial charge in [-0.05, 0) is 80.8 Å². The van der Waals surface area contributed by atoms with E-state index in [1.165, 1.54) is 78.3 Å². The number of hydrogen-bond acceptors (Lipinski definition) is 0. The van der Waals surface area contributed by atoms with Crippen LogP contribution < -0.4 is 0 Å². The fraction of sp³-hybridized carbons (Fsp3) is 0.515. The molecule has 0 aliphatic carbocycles. The number of benzene rings is 2. The highest BCUT2D eigenvalue weighted by Gasteiger charge is 2.33. The summed E-state index contributed by atoms with van der Waals surface area (Å²) in [6, 6.07) is 17.7. The van der Waals surface area contributed by atoms with Crippen LogP contribution in [0.2, 0.25) is 0 Å². The molecule has 0 amide bonds.